The van der Waals surface area contributed by atoms with Gasteiger partial charge in [0.25, 0.3) is 0 Å². The van der Waals surface area contributed by atoms with Gasteiger partial charge in [-0.05, 0) is 6.08 Å². The summed E-state index contributed by atoms with van der Waals surface area (Å²) in [5, 5.41) is 8.61. The highest BCUT2D eigenvalue weighted by atomic mass is 16.4. The summed E-state index contributed by atoms with van der Waals surface area (Å²) in [5.74, 6) is -0.609. The summed E-state index contributed by atoms with van der Waals surface area (Å²) in [6.45, 7) is 1.51. The SMILES string of the molecule is CN1CCN2C(=O)C(CC(=O)O)C=C12. The first kappa shape index (κ1) is 9.05. The van der Waals surface area contributed by atoms with E-state index in [2.05, 4.69) is 0 Å². The van der Waals surface area contributed by atoms with Crippen LogP contribution in [0.4, 0.5) is 0 Å². The van der Waals surface area contributed by atoms with Crippen molar-refractivity contribution in [3.63, 3.8) is 0 Å². The fourth-order valence-corrected chi connectivity index (χ4v) is 1.91. The molecule has 0 spiro atoms. The summed E-state index contributed by atoms with van der Waals surface area (Å²) in [7, 11) is 1.91. The molecule has 2 aliphatic heterocycles. The third-order valence-corrected chi connectivity index (χ3v) is 2.65. The van der Waals surface area contributed by atoms with Crippen molar-refractivity contribution >= 4 is 11.9 Å². The number of likely N-dealkylation sites (N-methyl/N-ethyl adjacent to an activating group) is 1. The number of rotatable bonds is 2. The molecule has 76 valence electrons. The Morgan fingerprint density at radius 2 is 2.36 bits per heavy atom. The van der Waals surface area contributed by atoms with Gasteiger partial charge in [0.1, 0.15) is 5.82 Å². The molecule has 0 bridgehead atoms. The maximum Gasteiger partial charge on any atom is 0.304 e. The largest absolute Gasteiger partial charge is 0.481 e. The van der Waals surface area contributed by atoms with Gasteiger partial charge >= 0.3 is 5.97 Å². The molecule has 1 unspecified atom stereocenters. The smallest absolute Gasteiger partial charge is 0.304 e. The summed E-state index contributed by atoms with van der Waals surface area (Å²) in [6.07, 6.45) is 1.65. The lowest BCUT2D eigenvalue weighted by Crippen LogP contribution is -2.27. The Bertz CT molecular complexity index is 324. The van der Waals surface area contributed by atoms with Crippen molar-refractivity contribution < 1.29 is 14.7 Å². The topological polar surface area (TPSA) is 60.9 Å². The van der Waals surface area contributed by atoms with Gasteiger partial charge in [0.15, 0.2) is 0 Å². The number of carbonyl (C=O) groups excluding carboxylic acids is 1. The van der Waals surface area contributed by atoms with Crippen LogP contribution in [0.3, 0.4) is 0 Å². The molecule has 0 radical (unpaired) electrons. The number of carbonyl (C=O) groups is 2. The minimum Gasteiger partial charge on any atom is -0.481 e. The van der Waals surface area contributed by atoms with Crippen molar-refractivity contribution in [2.75, 3.05) is 20.1 Å². The second kappa shape index (κ2) is 3.01. The maximum atomic E-state index is 11.7. The molecule has 0 aromatic rings. The number of amides is 1. The lowest BCUT2D eigenvalue weighted by atomic mass is 10.1. The zero-order chi connectivity index (χ0) is 10.3. The third-order valence-electron chi connectivity index (χ3n) is 2.65. The first-order valence-corrected chi connectivity index (χ1v) is 4.55. The number of hydrogen-bond donors (Lipinski definition) is 1. The molecule has 0 saturated carbocycles. The number of aliphatic carboxylic acids is 1. The normalized spacial score (nSPS) is 25.4. The van der Waals surface area contributed by atoms with E-state index < -0.39 is 11.9 Å². The summed E-state index contributed by atoms with van der Waals surface area (Å²) in [4.78, 5) is 25.8. The lowest BCUT2D eigenvalue weighted by molar-refractivity contribution is -0.141. The lowest BCUT2D eigenvalue weighted by Gasteiger charge is -2.13. The standard InChI is InChI=1S/C9H12N2O3/c1-10-2-3-11-7(10)4-6(9(11)14)5-8(12)13/h4,6H,2-3,5H2,1H3,(H,12,13). The van der Waals surface area contributed by atoms with Crippen molar-refractivity contribution in [1.82, 2.24) is 9.80 Å². The predicted molar refractivity (Wildman–Crippen MR) is 48.2 cm³/mol. The zero-order valence-electron chi connectivity index (χ0n) is 7.93. The Kier molecular flexibility index (Phi) is 1.94. The molecule has 0 aliphatic carbocycles. The van der Waals surface area contributed by atoms with Gasteiger partial charge in [-0.1, -0.05) is 0 Å². The molecule has 5 nitrogen and oxygen atoms in total. The van der Waals surface area contributed by atoms with E-state index in [1.54, 1.807) is 11.0 Å². The Hall–Kier alpha value is -1.52. The van der Waals surface area contributed by atoms with Gasteiger partial charge in [-0.2, -0.15) is 0 Å². The summed E-state index contributed by atoms with van der Waals surface area (Å²) >= 11 is 0. The number of fused-ring (bicyclic) bond motifs is 1. The van der Waals surface area contributed by atoms with Gasteiger partial charge in [0.2, 0.25) is 5.91 Å². The Labute approximate surface area is 81.6 Å². The van der Waals surface area contributed by atoms with E-state index in [0.29, 0.717) is 6.54 Å². The van der Waals surface area contributed by atoms with E-state index >= 15 is 0 Å². The highest BCUT2D eigenvalue weighted by Gasteiger charge is 2.38. The fraction of sp³-hybridized carbons (Fsp3) is 0.556. The molecule has 1 atom stereocenters. The minimum absolute atomic E-state index is 0.0771. The molecule has 1 fully saturated rings. The Morgan fingerprint density at radius 3 is 2.93 bits per heavy atom. The number of carboxylic acids is 1. The van der Waals surface area contributed by atoms with Crippen LogP contribution in [0.2, 0.25) is 0 Å². The van der Waals surface area contributed by atoms with Gasteiger partial charge in [-0.15, -0.1) is 0 Å². The second-order valence-corrected chi connectivity index (χ2v) is 3.64. The van der Waals surface area contributed by atoms with Gasteiger partial charge in [0.05, 0.1) is 12.3 Å². The predicted octanol–water partition coefficient (Wildman–Crippen LogP) is -0.294. The monoisotopic (exact) mass is 196 g/mol. The van der Waals surface area contributed by atoms with Gasteiger partial charge < -0.3 is 10.0 Å². The molecule has 1 amide bonds. The molecule has 2 heterocycles. The zero-order valence-corrected chi connectivity index (χ0v) is 7.93. The molecule has 14 heavy (non-hydrogen) atoms. The molecule has 0 aromatic carbocycles. The van der Waals surface area contributed by atoms with Crippen molar-refractivity contribution in [3.05, 3.63) is 11.9 Å². The van der Waals surface area contributed by atoms with Gasteiger partial charge in [-0.3, -0.25) is 14.5 Å². The Balaban J connectivity index is 2.17. The summed E-state index contributed by atoms with van der Waals surface area (Å²) < 4.78 is 0. The van der Waals surface area contributed by atoms with E-state index in [1.807, 2.05) is 11.9 Å². The van der Waals surface area contributed by atoms with E-state index in [9.17, 15) is 9.59 Å². The van der Waals surface area contributed by atoms with Crippen LogP contribution in [-0.2, 0) is 9.59 Å². The second-order valence-electron chi connectivity index (χ2n) is 3.64. The third kappa shape index (κ3) is 1.25. The van der Waals surface area contributed by atoms with Crippen molar-refractivity contribution in [3.8, 4) is 0 Å². The van der Waals surface area contributed by atoms with Crippen LogP contribution in [-0.4, -0.2) is 46.9 Å². The molecule has 2 rings (SSSR count). The van der Waals surface area contributed by atoms with E-state index in [0.717, 1.165) is 12.4 Å². The molecule has 2 aliphatic rings. The Morgan fingerprint density at radius 1 is 1.64 bits per heavy atom. The molecule has 1 saturated heterocycles. The quantitative estimate of drug-likeness (QED) is 0.659. The first-order chi connectivity index (χ1) is 6.59. The van der Waals surface area contributed by atoms with Crippen LogP contribution in [0.5, 0.6) is 0 Å². The van der Waals surface area contributed by atoms with Crippen LogP contribution in [0.15, 0.2) is 11.9 Å². The first-order valence-electron chi connectivity index (χ1n) is 4.55. The number of nitrogens with zero attached hydrogens (tertiary/aromatic N) is 2. The van der Waals surface area contributed by atoms with E-state index in [1.165, 1.54) is 0 Å². The van der Waals surface area contributed by atoms with E-state index in [-0.39, 0.29) is 12.3 Å². The van der Waals surface area contributed by atoms with Crippen LogP contribution in [0.1, 0.15) is 6.42 Å². The molecular weight excluding hydrogens is 184 g/mol. The van der Waals surface area contributed by atoms with Crippen molar-refractivity contribution in [2.45, 2.75) is 6.42 Å². The number of hydrogen-bond acceptors (Lipinski definition) is 3. The molecule has 0 aromatic heterocycles. The average Bonchev–Trinajstić information content (AvgIpc) is 2.57. The van der Waals surface area contributed by atoms with Crippen LogP contribution in [0, 0.1) is 5.92 Å². The molecule has 5 heteroatoms. The number of carboxylic acid groups (broad SMARTS) is 1. The van der Waals surface area contributed by atoms with Crippen molar-refractivity contribution in [1.29, 1.82) is 0 Å². The van der Waals surface area contributed by atoms with Gasteiger partial charge in [0, 0.05) is 20.1 Å². The van der Waals surface area contributed by atoms with Crippen LogP contribution < -0.4 is 0 Å². The van der Waals surface area contributed by atoms with Crippen molar-refractivity contribution in [2.24, 2.45) is 5.92 Å². The van der Waals surface area contributed by atoms with Gasteiger partial charge in [-0.25, -0.2) is 0 Å². The van der Waals surface area contributed by atoms with Crippen LogP contribution in [0.25, 0.3) is 0 Å². The minimum atomic E-state index is -0.927. The molecule has 1 N–H and O–H groups in total. The fourth-order valence-electron chi connectivity index (χ4n) is 1.91. The highest BCUT2D eigenvalue weighted by Crippen LogP contribution is 2.29. The average molecular weight is 196 g/mol. The van der Waals surface area contributed by atoms with E-state index in [4.69, 9.17) is 5.11 Å². The maximum absolute atomic E-state index is 11.7. The summed E-state index contributed by atoms with van der Waals surface area (Å²) in [5.41, 5.74) is 0. The highest BCUT2D eigenvalue weighted by molar-refractivity contribution is 5.89. The summed E-state index contributed by atoms with van der Waals surface area (Å²) in [6, 6.07) is 0. The molecular formula is C9H12N2O3. The van der Waals surface area contributed by atoms with Crippen LogP contribution >= 0.6 is 0 Å².